The molecule has 0 saturated carbocycles. The van der Waals surface area contributed by atoms with Crippen LogP contribution in [0.2, 0.25) is 0 Å². The van der Waals surface area contributed by atoms with E-state index in [1.54, 1.807) is 0 Å². The van der Waals surface area contributed by atoms with Crippen LogP contribution in [0.1, 0.15) is 19.8 Å². The van der Waals surface area contributed by atoms with Crippen molar-refractivity contribution in [2.24, 2.45) is 5.41 Å². The van der Waals surface area contributed by atoms with Crippen LogP contribution in [0.25, 0.3) is 0 Å². The van der Waals surface area contributed by atoms with Crippen molar-refractivity contribution in [3.8, 4) is 0 Å². The molecular formula is C11H16FN3O. The van der Waals surface area contributed by atoms with Gasteiger partial charge in [0, 0.05) is 19.8 Å². The Labute approximate surface area is 94.2 Å². The maximum Gasteiger partial charge on any atom is 0.222 e. The average Bonchev–Trinajstić information content (AvgIpc) is 2.29. The van der Waals surface area contributed by atoms with E-state index in [-0.39, 0.29) is 5.41 Å². The number of hydrogen-bond acceptors (Lipinski definition) is 4. The lowest BCUT2D eigenvalue weighted by Crippen LogP contribution is -2.33. The van der Waals surface area contributed by atoms with E-state index in [0.29, 0.717) is 5.95 Å². The molecule has 1 aromatic heterocycles. The zero-order valence-corrected chi connectivity index (χ0v) is 9.37. The molecule has 0 atom stereocenters. The Hall–Kier alpha value is -1.23. The van der Waals surface area contributed by atoms with Crippen molar-refractivity contribution < 1.29 is 9.13 Å². The molecule has 0 aliphatic carbocycles. The summed E-state index contributed by atoms with van der Waals surface area (Å²) in [4.78, 5) is 7.73. The topological polar surface area (TPSA) is 47.0 Å². The number of aromatic nitrogens is 2. The lowest BCUT2D eigenvalue weighted by atomic mass is 9.82. The molecule has 0 unspecified atom stereocenters. The monoisotopic (exact) mass is 225 g/mol. The maximum atomic E-state index is 12.6. The normalized spacial score (nSPS) is 19.4. The van der Waals surface area contributed by atoms with Crippen LogP contribution in [0.15, 0.2) is 12.4 Å². The van der Waals surface area contributed by atoms with E-state index in [4.69, 9.17) is 4.74 Å². The molecule has 16 heavy (non-hydrogen) atoms. The molecule has 1 aliphatic rings. The first-order valence-electron chi connectivity index (χ1n) is 5.47. The van der Waals surface area contributed by atoms with Crippen molar-refractivity contribution in [3.63, 3.8) is 0 Å². The predicted octanol–water partition coefficient (Wildman–Crippen LogP) is 1.84. The fourth-order valence-electron chi connectivity index (χ4n) is 1.74. The van der Waals surface area contributed by atoms with Crippen molar-refractivity contribution in [1.29, 1.82) is 0 Å². The van der Waals surface area contributed by atoms with E-state index in [0.717, 1.165) is 32.6 Å². The van der Waals surface area contributed by atoms with E-state index in [1.807, 2.05) is 0 Å². The second-order valence-electron chi connectivity index (χ2n) is 4.50. The summed E-state index contributed by atoms with van der Waals surface area (Å²) in [5.74, 6) is 0.0666. The van der Waals surface area contributed by atoms with Gasteiger partial charge < -0.3 is 10.1 Å². The molecule has 2 heterocycles. The Morgan fingerprint density at radius 2 is 2.00 bits per heavy atom. The van der Waals surface area contributed by atoms with Crippen molar-refractivity contribution in [2.45, 2.75) is 19.8 Å². The molecule has 2 rings (SSSR count). The summed E-state index contributed by atoms with van der Waals surface area (Å²) in [6.45, 7) is 4.62. The number of hydrogen-bond donors (Lipinski definition) is 1. The highest BCUT2D eigenvalue weighted by molar-refractivity contribution is 5.23. The van der Waals surface area contributed by atoms with Crippen LogP contribution in [0, 0.1) is 11.2 Å². The van der Waals surface area contributed by atoms with Gasteiger partial charge in [0.15, 0.2) is 5.82 Å². The number of anilines is 1. The number of nitrogens with zero attached hydrogens (tertiary/aromatic N) is 2. The number of halogens is 1. The summed E-state index contributed by atoms with van der Waals surface area (Å²) in [5.41, 5.74) is 0.218. The molecule has 88 valence electrons. The van der Waals surface area contributed by atoms with Crippen LogP contribution in [0.4, 0.5) is 10.3 Å². The van der Waals surface area contributed by atoms with Crippen molar-refractivity contribution in [3.05, 3.63) is 18.2 Å². The van der Waals surface area contributed by atoms with Crippen LogP contribution in [-0.2, 0) is 4.74 Å². The third-order valence-corrected chi connectivity index (χ3v) is 2.99. The first-order valence-corrected chi connectivity index (χ1v) is 5.47. The van der Waals surface area contributed by atoms with Crippen molar-refractivity contribution in [1.82, 2.24) is 9.97 Å². The van der Waals surface area contributed by atoms with Gasteiger partial charge >= 0.3 is 0 Å². The molecule has 1 saturated heterocycles. The molecule has 0 radical (unpaired) electrons. The fraction of sp³-hybridized carbons (Fsp3) is 0.636. The van der Waals surface area contributed by atoms with E-state index in [2.05, 4.69) is 22.2 Å². The van der Waals surface area contributed by atoms with Gasteiger partial charge in [0.05, 0.1) is 12.4 Å². The molecule has 1 N–H and O–H groups in total. The Bertz CT molecular complexity index is 336. The van der Waals surface area contributed by atoms with E-state index < -0.39 is 5.82 Å². The molecular weight excluding hydrogens is 209 g/mol. The minimum Gasteiger partial charge on any atom is -0.381 e. The van der Waals surface area contributed by atoms with Gasteiger partial charge in [-0.2, -0.15) is 0 Å². The van der Waals surface area contributed by atoms with Gasteiger partial charge in [0.2, 0.25) is 5.95 Å². The largest absolute Gasteiger partial charge is 0.381 e. The summed E-state index contributed by atoms with van der Waals surface area (Å²) in [7, 11) is 0. The first kappa shape index (κ1) is 11.3. The van der Waals surface area contributed by atoms with E-state index in [1.165, 1.54) is 12.4 Å². The summed E-state index contributed by atoms with van der Waals surface area (Å²) in [6, 6.07) is 0. The first-order chi connectivity index (χ1) is 7.68. The van der Waals surface area contributed by atoms with Crippen LogP contribution >= 0.6 is 0 Å². The Morgan fingerprint density at radius 3 is 2.62 bits per heavy atom. The van der Waals surface area contributed by atoms with Gasteiger partial charge in [-0.05, 0) is 18.3 Å². The molecule has 1 aromatic rings. The van der Waals surface area contributed by atoms with Crippen LogP contribution in [0.3, 0.4) is 0 Å². The fourth-order valence-corrected chi connectivity index (χ4v) is 1.74. The van der Waals surface area contributed by atoms with Gasteiger partial charge in [-0.1, -0.05) is 6.92 Å². The number of nitrogens with one attached hydrogen (secondary N) is 1. The standard InChI is InChI=1S/C11H16FN3O/c1-11(2-4-16-5-3-11)8-15-10-13-6-9(12)7-14-10/h6-7H,2-5,8H2,1H3,(H,13,14,15). The van der Waals surface area contributed by atoms with Gasteiger partial charge in [-0.3, -0.25) is 0 Å². The number of rotatable bonds is 3. The van der Waals surface area contributed by atoms with Crippen molar-refractivity contribution in [2.75, 3.05) is 25.1 Å². The van der Waals surface area contributed by atoms with Gasteiger partial charge in [0.1, 0.15) is 0 Å². The zero-order valence-electron chi connectivity index (χ0n) is 9.37. The second kappa shape index (κ2) is 4.74. The summed E-state index contributed by atoms with van der Waals surface area (Å²) < 4.78 is 17.9. The third kappa shape index (κ3) is 2.88. The van der Waals surface area contributed by atoms with Crippen LogP contribution in [0.5, 0.6) is 0 Å². The molecule has 0 amide bonds. The molecule has 0 spiro atoms. The molecule has 5 heteroatoms. The van der Waals surface area contributed by atoms with Crippen LogP contribution in [-0.4, -0.2) is 29.7 Å². The summed E-state index contributed by atoms with van der Waals surface area (Å²) >= 11 is 0. The van der Waals surface area contributed by atoms with Crippen molar-refractivity contribution >= 4 is 5.95 Å². The smallest absolute Gasteiger partial charge is 0.222 e. The molecule has 1 fully saturated rings. The van der Waals surface area contributed by atoms with E-state index in [9.17, 15) is 4.39 Å². The minimum absolute atomic E-state index is 0.218. The third-order valence-electron chi connectivity index (χ3n) is 2.99. The SMILES string of the molecule is CC1(CNc2ncc(F)cn2)CCOCC1. The van der Waals surface area contributed by atoms with Gasteiger partial charge in [0.25, 0.3) is 0 Å². The highest BCUT2D eigenvalue weighted by Crippen LogP contribution is 2.29. The molecule has 0 aromatic carbocycles. The maximum absolute atomic E-state index is 12.6. The zero-order chi connectivity index (χ0) is 11.4. The molecule has 0 bridgehead atoms. The highest BCUT2D eigenvalue weighted by Gasteiger charge is 2.27. The molecule has 4 nitrogen and oxygen atoms in total. The highest BCUT2D eigenvalue weighted by atomic mass is 19.1. The number of ether oxygens (including phenoxy) is 1. The van der Waals surface area contributed by atoms with Gasteiger partial charge in [-0.15, -0.1) is 0 Å². The quantitative estimate of drug-likeness (QED) is 0.852. The summed E-state index contributed by atoms with van der Waals surface area (Å²) in [6.07, 6.45) is 4.39. The minimum atomic E-state index is -0.414. The van der Waals surface area contributed by atoms with E-state index >= 15 is 0 Å². The predicted molar refractivity (Wildman–Crippen MR) is 58.6 cm³/mol. The Kier molecular flexibility index (Phi) is 3.33. The molecule has 1 aliphatic heterocycles. The lowest BCUT2D eigenvalue weighted by Gasteiger charge is -2.33. The lowest BCUT2D eigenvalue weighted by molar-refractivity contribution is 0.0299. The Balaban J connectivity index is 1.88. The van der Waals surface area contributed by atoms with Crippen LogP contribution < -0.4 is 5.32 Å². The summed E-state index contributed by atoms with van der Waals surface area (Å²) in [5, 5.41) is 3.14. The Morgan fingerprint density at radius 1 is 1.38 bits per heavy atom. The van der Waals surface area contributed by atoms with Gasteiger partial charge in [-0.25, -0.2) is 14.4 Å². The second-order valence-corrected chi connectivity index (χ2v) is 4.50. The average molecular weight is 225 g/mol.